The summed E-state index contributed by atoms with van der Waals surface area (Å²) in [6.45, 7) is 1.93. The molecule has 1 aromatic carbocycles. The second-order valence-corrected chi connectivity index (χ2v) is 4.03. The molecule has 0 aliphatic rings. The number of anilines is 1. The molecule has 1 heterocycles. The van der Waals surface area contributed by atoms with Gasteiger partial charge in [0.1, 0.15) is 12.3 Å². The molecule has 6 heteroatoms. The van der Waals surface area contributed by atoms with E-state index in [1.54, 1.807) is 36.1 Å². The van der Waals surface area contributed by atoms with Crippen molar-refractivity contribution in [3.63, 3.8) is 0 Å². The minimum Gasteiger partial charge on any atom is -0.455 e. The smallest absolute Gasteiger partial charge is 0.338 e. The van der Waals surface area contributed by atoms with Crippen molar-refractivity contribution in [1.82, 2.24) is 15.0 Å². The van der Waals surface area contributed by atoms with Crippen LogP contribution in [0.2, 0.25) is 0 Å². The highest BCUT2D eigenvalue weighted by molar-refractivity contribution is 5.92. The van der Waals surface area contributed by atoms with Crippen LogP contribution in [0.1, 0.15) is 21.6 Å². The number of esters is 1. The lowest BCUT2D eigenvalue weighted by atomic mass is 10.1. The molecule has 0 unspecified atom stereocenters. The average molecular weight is 246 g/mol. The van der Waals surface area contributed by atoms with E-state index in [0.717, 1.165) is 5.56 Å². The van der Waals surface area contributed by atoms with E-state index in [9.17, 15) is 4.79 Å². The van der Waals surface area contributed by atoms with Gasteiger partial charge < -0.3 is 10.5 Å². The number of carbonyl (C=O) groups excluding carboxylic acids is 1. The molecule has 0 saturated heterocycles. The second-order valence-electron chi connectivity index (χ2n) is 4.03. The number of rotatable bonds is 3. The third-order valence-electron chi connectivity index (χ3n) is 2.48. The van der Waals surface area contributed by atoms with E-state index in [0.29, 0.717) is 16.9 Å². The maximum atomic E-state index is 11.9. The molecule has 2 rings (SSSR count). The molecular formula is C12H14N4O2. The number of nitrogen functional groups attached to an aromatic ring is 1. The van der Waals surface area contributed by atoms with Gasteiger partial charge in [-0.2, -0.15) is 0 Å². The molecule has 94 valence electrons. The molecule has 0 fully saturated rings. The van der Waals surface area contributed by atoms with Crippen molar-refractivity contribution in [3.05, 3.63) is 41.2 Å². The lowest BCUT2D eigenvalue weighted by molar-refractivity contribution is 0.0467. The van der Waals surface area contributed by atoms with Gasteiger partial charge >= 0.3 is 5.97 Å². The molecule has 0 atom stereocenters. The van der Waals surface area contributed by atoms with Crippen LogP contribution in [0, 0.1) is 6.92 Å². The SMILES string of the molecule is Cc1ccc(N)cc1C(=O)OCc1cn(C)nn1. The van der Waals surface area contributed by atoms with Crippen LogP contribution in [-0.4, -0.2) is 21.0 Å². The van der Waals surface area contributed by atoms with Crippen molar-refractivity contribution < 1.29 is 9.53 Å². The molecular weight excluding hydrogens is 232 g/mol. The number of nitrogens with zero attached hydrogens (tertiary/aromatic N) is 3. The summed E-state index contributed by atoms with van der Waals surface area (Å²) in [6, 6.07) is 5.14. The van der Waals surface area contributed by atoms with Crippen LogP contribution in [0.15, 0.2) is 24.4 Å². The number of nitrogens with two attached hydrogens (primary N) is 1. The van der Waals surface area contributed by atoms with E-state index in [2.05, 4.69) is 10.3 Å². The van der Waals surface area contributed by atoms with Gasteiger partial charge in [0.15, 0.2) is 0 Å². The fourth-order valence-corrected chi connectivity index (χ4v) is 1.54. The number of aryl methyl sites for hydroxylation is 2. The first kappa shape index (κ1) is 12.1. The van der Waals surface area contributed by atoms with Crippen LogP contribution >= 0.6 is 0 Å². The van der Waals surface area contributed by atoms with Crippen LogP contribution in [0.3, 0.4) is 0 Å². The highest BCUT2D eigenvalue weighted by Gasteiger charge is 2.11. The van der Waals surface area contributed by atoms with Crippen LogP contribution in [-0.2, 0) is 18.4 Å². The quantitative estimate of drug-likeness (QED) is 0.646. The molecule has 0 radical (unpaired) electrons. The maximum Gasteiger partial charge on any atom is 0.338 e. The van der Waals surface area contributed by atoms with E-state index in [4.69, 9.17) is 10.5 Å². The molecule has 0 spiro atoms. The summed E-state index contributed by atoms with van der Waals surface area (Å²) in [4.78, 5) is 11.9. The lowest BCUT2D eigenvalue weighted by Gasteiger charge is -2.06. The first-order chi connectivity index (χ1) is 8.56. The van der Waals surface area contributed by atoms with Crippen LogP contribution in [0.5, 0.6) is 0 Å². The molecule has 0 bridgehead atoms. The van der Waals surface area contributed by atoms with Crippen molar-refractivity contribution >= 4 is 11.7 Å². The van der Waals surface area contributed by atoms with Crippen LogP contribution < -0.4 is 5.73 Å². The van der Waals surface area contributed by atoms with E-state index in [1.165, 1.54) is 0 Å². The molecule has 0 amide bonds. The third-order valence-corrected chi connectivity index (χ3v) is 2.48. The Bertz CT molecular complexity index is 577. The first-order valence-electron chi connectivity index (χ1n) is 5.44. The Kier molecular flexibility index (Phi) is 3.27. The highest BCUT2D eigenvalue weighted by Crippen LogP contribution is 2.14. The largest absolute Gasteiger partial charge is 0.455 e. The number of aromatic nitrogens is 3. The summed E-state index contributed by atoms with van der Waals surface area (Å²) in [5, 5.41) is 7.59. The average Bonchev–Trinajstić information content (AvgIpc) is 2.75. The topological polar surface area (TPSA) is 83.0 Å². The zero-order valence-electron chi connectivity index (χ0n) is 10.3. The van der Waals surface area contributed by atoms with Crippen molar-refractivity contribution in [1.29, 1.82) is 0 Å². The predicted molar refractivity (Wildman–Crippen MR) is 65.7 cm³/mol. The Balaban J connectivity index is 2.05. The number of benzene rings is 1. The maximum absolute atomic E-state index is 11.9. The molecule has 2 aromatic rings. The second kappa shape index (κ2) is 4.87. The Morgan fingerprint density at radius 3 is 2.94 bits per heavy atom. The summed E-state index contributed by atoms with van der Waals surface area (Å²) in [5.41, 5.74) is 8.08. The zero-order valence-corrected chi connectivity index (χ0v) is 10.3. The predicted octanol–water partition coefficient (Wildman–Crippen LogP) is 1.06. The van der Waals surface area contributed by atoms with Gasteiger partial charge in [-0.3, -0.25) is 4.68 Å². The Morgan fingerprint density at radius 2 is 2.28 bits per heavy atom. The van der Waals surface area contributed by atoms with Gasteiger partial charge in [-0.05, 0) is 24.6 Å². The Morgan fingerprint density at radius 1 is 1.50 bits per heavy atom. The molecule has 1 aromatic heterocycles. The number of hydrogen-bond acceptors (Lipinski definition) is 5. The Labute approximate surface area is 104 Å². The number of carbonyl (C=O) groups is 1. The molecule has 6 nitrogen and oxygen atoms in total. The summed E-state index contributed by atoms with van der Waals surface area (Å²) in [7, 11) is 1.75. The number of ether oxygens (including phenoxy) is 1. The van der Waals surface area contributed by atoms with Crippen molar-refractivity contribution in [2.24, 2.45) is 7.05 Å². The zero-order chi connectivity index (χ0) is 13.1. The van der Waals surface area contributed by atoms with Gasteiger partial charge in [0.2, 0.25) is 0 Å². The summed E-state index contributed by atoms with van der Waals surface area (Å²) < 4.78 is 6.70. The summed E-state index contributed by atoms with van der Waals surface area (Å²) >= 11 is 0. The van der Waals surface area contributed by atoms with Gasteiger partial charge in [-0.1, -0.05) is 11.3 Å². The van der Waals surface area contributed by atoms with Gasteiger partial charge in [0.25, 0.3) is 0 Å². The highest BCUT2D eigenvalue weighted by atomic mass is 16.5. The van der Waals surface area contributed by atoms with Crippen molar-refractivity contribution in [2.75, 3.05) is 5.73 Å². The molecule has 0 aliphatic heterocycles. The van der Waals surface area contributed by atoms with E-state index < -0.39 is 5.97 Å². The molecule has 0 saturated carbocycles. The summed E-state index contributed by atoms with van der Waals surface area (Å²) in [5.74, 6) is -0.412. The van der Waals surface area contributed by atoms with Crippen molar-refractivity contribution in [3.8, 4) is 0 Å². The third kappa shape index (κ3) is 2.65. The minimum absolute atomic E-state index is 0.0981. The van der Waals surface area contributed by atoms with Gasteiger partial charge in [-0.25, -0.2) is 4.79 Å². The number of hydrogen-bond donors (Lipinski definition) is 1. The van der Waals surface area contributed by atoms with Gasteiger partial charge in [0.05, 0.1) is 11.8 Å². The fraction of sp³-hybridized carbons (Fsp3) is 0.250. The van der Waals surface area contributed by atoms with Gasteiger partial charge in [0, 0.05) is 12.7 Å². The molecule has 0 aliphatic carbocycles. The Hall–Kier alpha value is -2.37. The van der Waals surface area contributed by atoms with E-state index >= 15 is 0 Å². The lowest BCUT2D eigenvalue weighted by Crippen LogP contribution is -2.08. The molecule has 18 heavy (non-hydrogen) atoms. The minimum atomic E-state index is -0.412. The summed E-state index contributed by atoms with van der Waals surface area (Å²) in [6.07, 6.45) is 1.69. The van der Waals surface area contributed by atoms with E-state index in [-0.39, 0.29) is 6.61 Å². The first-order valence-corrected chi connectivity index (χ1v) is 5.44. The monoisotopic (exact) mass is 246 g/mol. The molecule has 2 N–H and O–H groups in total. The van der Waals surface area contributed by atoms with Crippen LogP contribution in [0.4, 0.5) is 5.69 Å². The normalized spacial score (nSPS) is 10.3. The van der Waals surface area contributed by atoms with E-state index in [1.807, 2.05) is 6.92 Å². The standard InChI is InChI=1S/C12H14N4O2/c1-8-3-4-9(13)5-11(8)12(17)18-7-10-6-16(2)15-14-10/h3-6H,7,13H2,1-2H3. The van der Waals surface area contributed by atoms with Crippen molar-refractivity contribution in [2.45, 2.75) is 13.5 Å². The van der Waals surface area contributed by atoms with Crippen LogP contribution in [0.25, 0.3) is 0 Å². The fourth-order valence-electron chi connectivity index (χ4n) is 1.54. The van der Waals surface area contributed by atoms with Gasteiger partial charge in [-0.15, -0.1) is 5.10 Å².